The summed E-state index contributed by atoms with van der Waals surface area (Å²) in [5, 5.41) is 9.88. The minimum atomic E-state index is -0.453. The Morgan fingerprint density at radius 3 is 2.48 bits per heavy atom. The van der Waals surface area contributed by atoms with Gasteiger partial charge in [0.15, 0.2) is 15.8 Å². The van der Waals surface area contributed by atoms with Crippen molar-refractivity contribution in [1.82, 2.24) is 0 Å². The molecule has 0 atom stereocenters. The van der Waals surface area contributed by atoms with Crippen molar-refractivity contribution >= 4 is 51.9 Å². The van der Waals surface area contributed by atoms with E-state index in [1.54, 1.807) is 42.5 Å². The van der Waals surface area contributed by atoms with Crippen LogP contribution < -0.4 is 9.64 Å². The quantitative estimate of drug-likeness (QED) is 0.477. The van der Waals surface area contributed by atoms with Gasteiger partial charge in [0, 0.05) is 0 Å². The summed E-state index contributed by atoms with van der Waals surface area (Å²) in [6.45, 7) is 0. The number of carbonyl (C=O) groups excluding carboxylic acids is 2. The molecule has 1 amide bonds. The van der Waals surface area contributed by atoms with Crippen molar-refractivity contribution in [2.45, 2.75) is 0 Å². The van der Waals surface area contributed by atoms with Crippen LogP contribution in [0, 0.1) is 0 Å². The monoisotopic (exact) mass is 401 g/mol. The molecule has 0 aliphatic carbocycles. The summed E-state index contributed by atoms with van der Waals surface area (Å²) in [5.74, 6) is -0.386. The van der Waals surface area contributed by atoms with E-state index >= 15 is 0 Å². The molecule has 0 radical (unpaired) electrons. The van der Waals surface area contributed by atoms with E-state index in [2.05, 4.69) is 4.74 Å². The molecule has 3 rings (SSSR count). The van der Waals surface area contributed by atoms with Gasteiger partial charge in [0.2, 0.25) is 0 Å². The number of thioether (sulfide) groups is 1. The van der Waals surface area contributed by atoms with Crippen molar-refractivity contribution < 1.29 is 24.2 Å². The number of nitrogens with zero attached hydrogens (tertiary/aromatic N) is 1. The molecule has 138 valence electrons. The highest BCUT2D eigenvalue weighted by Gasteiger charge is 2.33. The molecular formula is C19H15NO5S2. The molecule has 0 aromatic heterocycles. The maximum Gasteiger partial charge on any atom is 0.337 e. The SMILES string of the molecule is COC(=O)c1ccc(N2C(=O)/C(=C/c3ccc(OC)c(O)c3)SC2=S)cc1. The number of methoxy groups -OCH3 is 2. The number of ether oxygens (including phenoxy) is 2. The summed E-state index contributed by atoms with van der Waals surface area (Å²) in [6.07, 6.45) is 1.65. The molecule has 6 nitrogen and oxygen atoms in total. The molecule has 0 spiro atoms. The average molecular weight is 401 g/mol. The highest BCUT2D eigenvalue weighted by atomic mass is 32.2. The van der Waals surface area contributed by atoms with Gasteiger partial charge < -0.3 is 14.6 Å². The molecule has 27 heavy (non-hydrogen) atoms. The van der Waals surface area contributed by atoms with E-state index in [9.17, 15) is 14.7 Å². The molecule has 0 bridgehead atoms. The number of carbonyl (C=O) groups is 2. The zero-order valence-electron chi connectivity index (χ0n) is 14.5. The minimum Gasteiger partial charge on any atom is -0.504 e. The van der Waals surface area contributed by atoms with Crippen LogP contribution in [0.15, 0.2) is 47.4 Å². The molecule has 1 aliphatic heterocycles. The standard InChI is InChI=1S/C19H15NO5S2/c1-24-15-8-3-11(9-14(15)21)10-16-17(22)20(19(26)27-16)13-6-4-12(5-7-13)18(23)25-2/h3-10,21H,1-2H3/b16-10-. The van der Waals surface area contributed by atoms with Gasteiger partial charge in [-0.05, 0) is 48.0 Å². The van der Waals surface area contributed by atoms with E-state index in [0.29, 0.717) is 31.8 Å². The Labute approximate surface area is 165 Å². The van der Waals surface area contributed by atoms with Gasteiger partial charge in [-0.15, -0.1) is 0 Å². The summed E-state index contributed by atoms with van der Waals surface area (Å²) in [4.78, 5) is 26.1. The third-order valence-corrected chi connectivity index (χ3v) is 5.14. The van der Waals surface area contributed by atoms with Gasteiger partial charge in [-0.25, -0.2) is 4.79 Å². The van der Waals surface area contributed by atoms with Gasteiger partial charge >= 0.3 is 5.97 Å². The Kier molecular flexibility index (Phi) is 5.48. The molecule has 8 heteroatoms. The molecule has 2 aromatic rings. The number of anilines is 1. The Hall–Kier alpha value is -2.84. The van der Waals surface area contributed by atoms with Crippen molar-refractivity contribution in [1.29, 1.82) is 0 Å². The number of amides is 1. The first kappa shape index (κ1) is 18.9. The first-order valence-electron chi connectivity index (χ1n) is 7.78. The first-order valence-corrected chi connectivity index (χ1v) is 9.00. The van der Waals surface area contributed by atoms with Gasteiger partial charge in [0.25, 0.3) is 5.91 Å². The van der Waals surface area contributed by atoms with Crippen LogP contribution in [-0.2, 0) is 9.53 Å². The Bertz CT molecular complexity index is 953. The number of phenols is 1. The number of hydrogen-bond acceptors (Lipinski definition) is 7. The lowest BCUT2D eigenvalue weighted by Crippen LogP contribution is -2.27. The van der Waals surface area contributed by atoms with Crippen molar-refractivity contribution in [3.8, 4) is 11.5 Å². The number of hydrogen-bond donors (Lipinski definition) is 1. The Morgan fingerprint density at radius 2 is 1.89 bits per heavy atom. The lowest BCUT2D eigenvalue weighted by atomic mass is 10.1. The number of aromatic hydroxyl groups is 1. The van der Waals surface area contributed by atoms with Crippen LogP contribution in [0.3, 0.4) is 0 Å². The van der Waals surface area contributed by atoms with Crippen LogP contribution in [0.5, 0.6) is 11.5 Å². The van der Waals surface area contributed by atoms with Gasteiger partial charge in [0.1, 0.15) is 0 Å². The molecule has 1 fully saturated rings. The van der Waals surface area contributed by atoms with E-state index < -0.39 is 5.97 Å². The molecule has 2 aromatic carbocycles. The first-order chi connectivity index (χ1) is 12.9. The second-order valence-electron chi connectivity index (χ2n) is 5.49. The molecule has 0 unspecified atom stereocenters. The predicted molar refractivity (Wildman–Crippen MR) is 108 cm³/mol. The maximum atomic E-state index is 12.8. The molecule has 1 N–H and O–H groups in total. The smallest absolute Gasteiger partial charge is 0.337 e. The summed E-state index contributed by atoms with van der Waals surface area (Å²) in [6, 6.07) is 11.3. The lowest BCUT2D eigenvalue weighted by Gasteiger charge is -2.14. The summed E-state index contributed by atoms with van der Waals surface area (Å²) in [5.41, 5.74) is 1.59. The van der Waals surface area contributed by atoms with Crippen LogP contribution in [0.1, 0.15) is 15.9 Å². The number of rotatable bonds is 4. The van der Waals surface area contributed by atoms with E-state index in [0.717, 1.165) is 0 Å². The Morgan fingerprint density at radius 1 is 1.19 bits per heavy atom. The minimum absolute atomic E-state index is 0.0138. The van der Waals surface area contributed by atoms with E-state index in [1.165, 1.54) is 36.9 Å². The van der Waals surface area contributed by atoms with Crippen LogP contribution in [0.2, 0.25) is 0 Å². The molecule has 1 heterocycles. The molecular weight excluding hydrogens is 386 g/mol. The van der Waals surface area contributed by atoms with Gasteiger partial charge in [-0.3, -0.25) is 9.69 Å². The summed E-state index contributed by atoms with van der Waals surface area (Å²) < 4.78 is 10.1. The van der Waals surface area contributed by atoms with E-state index in [1.807, 2.05) is 0 Å². The van der Waals surface area contributed by atoms with Crippen molar-refractivity contribution in [2.75, 3.05) is 19.1 Å². The van der Waals surface area contributed by atoms with Crippen LogP contribution in [0.4, 0.5) is 5.69 Å². The number of esters is 1. The normalized spacial score (nSPS) is 15.3. The zero-order valence-corrected chi connectivity index (χ0v) is 16.1. The predicted octanol–water partition coefficient (Wildman–Crippen LogP) is 3.59. The van der Waals surface area contributed by atoms with E-state index in [4.69, 9.17) is 17.0 Å². The molecule has 1 aliphatic rings. The summed E-state index contributed by atoms with van der Waals surface area (Å²) in [7, 11) is 2.77. The lowest BCUT2D eigenvalue weighted by molar-refractivity contribution is -0.113. The van der Waals surface area contributed by atoms with Gasteiger partial charge in [0.05, 0.1) is 30.4 Å². The highest BCUT2D eigenvalue weighted by molar-refractivity contribution is 8.27. The second kappa shape index (κ2) is 7.81. The fraction of sp³-hybridized carbons (Fsp3) is 0.105. The van der Waals surface area contributed by atoms with Crippen molar-refractivity contribution in [2.24, 2.45) is 0 Å². The maximum absolute atomic E-state index is 12.8. The average Bonchev–Trinajstić information content (AvgIpc) is 2.94. The second-order valence-corrected chi connectivity index (χ2v) is 7.16. The molecule has 1 saturated heterocycles. The van der Waals surface area contributed by atoms with Crippen molar-refractivity contribution in [3.63, 3.8) is 0 Å². The third-order valence-electron chi connectivity index (χ3n) is 3.84. The number of thiocarbonyl (C=S) groups is 1. The number of phenolic OH excluding ortho intramolecular Hbond substituents is 1. The third kappa shape index (κ3) is 3.81. The fourth-order valence-electron chi connectivity index (χ4n) is 2.50. The fourth-order valence-corrected chi connectivity index (χ4v) is 3.80. The highest BCUT2D eigenvalue weighted by Crippen LogP contribution is 2.37. The molecule has 0 saturated carbocycles. The van der Waals surface area contributed by atoms with Crippen LogP contribution in [-0.4, -0.2) is 35.5 Å². The largest absolute Gasteiger partial charge is 0.504 e. The van der Waals surface area contributed by atoms with Crippen LogP contribution in [0.25, 0.3) is 6.08 Å². The van der Waals surface area contributed by atoms with Gasteiger partial charge in [-0.1, -0.05) is 30.0 Å². The summed E-state index contributed by atoms with van der Waals surface area (Å²) >= 11 is 6.50. The van der Waals surface area contributed by atoms with Crippen LogP contribution >= 0.6 is 24.0 Å². The topological polar surface area (TPSA) is 76.1 Å². The van der Waals surface area contributed by atoms with E-state index in [-0.39, 0.29) is 11.7 Å². The zero-order chi connectivity index (χ0) is 19.6. The number of benzene rings is 2. The Balaban J connectivity index is 1.86. The van der Waals surface area contributed by atoms with Gasteiger partial charge in [-0.2, -0.15) is 0 Å². The van der Waals surface area contributed by atoms with Crippen molar-refractivity contribution in [3.05, 3.63) is 58.5 Å².